The maximum absolute atomic E-state index is 12.5. The SMILES string of the molecule is CC(C)(C)[S@@](=O)N[C@@H]1C/C=C\C[C@@H](CN=[N+]=[N-])SC2O[C@H]1C(O)[C@@H](O)[C@H]2O. The van der Waals surface area contributed by atoms with Crippen molar-refractivity contribution >= 4 is 22.7 Å². The lowest BCUT2D eigenvalue weighted by atomic mass is 9.93. The Bertz CT molecular complexity index is 608. The molecule has 4 N–H and O–H groups in total. The number of azide groups is 1. The zero-order chi connectivity index (χ0) is 20.2. The number of fused-ring (bicyclic) bond motifs is 2. The van der Waals surface area contributed by atoms with Crippen LogP contribution in [-0.4, -0.2) is 72.0 Å². The zero-order valence-corrected chi connectivity index (χ0v) is 17.3. The lowest BCUT2D eigenvalue weighted by Crippen LogP contribution is -2.63. The van der Waals surface area contributed by atoms with Crippen molar-refractivity contribution in [3.05, 3.63) is 22.6 Å². The van der Waals surface area contributed by atoms with Crippen molar-refractivity contribution in [2.45, 2.75) is 79.5 Å². The Hall–Kier alpha value is -0.650. The third kappa shape index (κ3) is 5.91. The Labute approximate surface area is 165 Å². The van der Waals surface area contributed by atoms with Gasteiger partial charge in [-0.15, -0.1) is 11.8 Å². The quantitative estimate of drug-likeness (QED) is 0.231. The minimum absolute atomic E-state index is 0.131. The van der Waals surface area contributed by atoms with Gasteiger partial charge in [0.2, 0.25) is 0 Å². The van der Waals surface area contributed by atoms with Crippen LogP contribution in [0.3, 0.4) is 0 Å². The van der Waals surface area contributed by atoms with Crippen molar-refractivity contribution in [1.82, 2.24) is 4.72 Å². The summed E-state index contributed by atoms with van der Waals surface area (Å²) >= 11 is 1.26. The van der Waals surface area contributed by atoms with Gasteiger partial charge in [-0.1, -0.05) is 17.3 Å². The van der Waals surface area contributed by atoms with E-state index in [0.717, 1.165) is 0 Å². The lowest BCUT2D eigenvalue weighted by Gasteiger charge is -2.44. The zero-order valence-electron chi connectivity index (χ0n) is 15.6. The molecule has 0 spiro atoms. The third-order valence-corrected chi connectivity index (χ3v) is 7.46. The highest BCUT2D eigenvalue weighted by molar-refractivity contribution is 8.00. The molecule has 2 aliphatic heterocycles. The number of rotatable bonds is 4. The normalized spacial score (nSPS) is 39.9. The van der Waals surface area contributed by atoms with Gasteiger partial charge >= 0.3 is 0 Å². The molecule has 0 aromatic heterocycles. The Morgan fingerprint density at radius 1 is 1.26 bits per heavy atom. The summed E-state index contributed by atoms with van der Waals surface area (Å²) in [6.07, 6.45) is 0.00542. The summed E-state index contributed by atoms with van der Waals surface area (Å²) in [4.78, 5) is 2.77. The highest BCUT2D eigenvalue weighted by Crippen LogP contribution is 2.35. The largest absolute Gasteiger partial charge is 0.388 e. The monoisotopic (exact) mass is 420 g/mol. The van der Waals surface area contributed by atoms with Gasteiger partial charge in [0.15, 0.2) is 0 Å². The first-order chi connectivity index (χ1) is 12.6. The van der Waals surface area contributed by atoms with Gasteiger partial charge in [-0.2, -0.15) is 0 Å². The molecule has 0 aromatic rings. The molecule has 0 saturated carbocycles. The first-order valence-electron chi connectivity index (χ1n) is 8.84. The molecule has 2 unspecified atom stereocenters. The smallest absolute Gasteiger partial charge is 0.132 e. The molecule has 2 aliphatic rings. The van der Waals surface area contributed by atoms with Crippen LogP contribution in [0, 0.1) is 0 Å². The molecular formula is C16H28N4O5S2. The van der Waals surface area contributed by atoms with Gasteiger partial charge in [0.1, 0.15) is 29.9 Å². The molecule has 11 heteroatoms. The minimum atomic E-state index is -1.40. The Balaban J connectivity index is 2.27. The van der Waals surface area contributed by atoms with Gasteiger partial charge in [-0.05, 0) is 39.1 Å². The standard InChI is InChI=1S/C16H28N4O5S2/c1-16(2,3)27(24)19-10-7-5-4-6-9(8-18-20-17)26-15-13(23)11(21)12(22)14(10)25-15/h4-5,9-15,19,21-23H,6-8H2,1-3H3/b5-4-/t9-,10+,11+,12?,13+,14+,15?,27+/m0/s1. The maximum atomic E-state index is 12.5. The summed E-state index contributed by atoms with van der Waals surface area (Å²) in [5, 5.41) is 34.5. The van der Waals surface area contributed by atoms with Crippen molar-refractivity contribution < 1.29 is 24.3 Å². The molecule has 2 rings (SSSR count). The van der Waals surface area contributed by atoms with E-state index in [1.165, 1.54) is 11.8 Å². The molecule has 0 radical (unpaired) electrons. The number of nitrogens with one attached hydrogen (secondary N) is 1. The van der Waals surface area contributed by atoms with Crippen LogP contribution in [0.1, 0.15) is 33.6 Å². The average molecular weight is 421 g/mol. The van der Waals surface area contributed by atoms with E-state index in [0.29, 0.717) is 12.8 Å². The molecule has 27 heavy (non-hydrogen) atoms. The van der Waals surface area contributed by atoms with Gasteiger partial charge in [0.25, 0.3) is 0 Å². The Morgan fingerprint density at radius 3 is 2.56 bits per heavy atom. The Kier molecular flexibility index (Phi) is 8.14. The van der Waals surface area contributed by atoms with Crippen LogP contribution in [-0.2, 0) is 15.7 Å². The molecule has 8 atom stereocenters. The maximum Gasteiger partial charge on any atom is 0.132 e. The van der Waals surface area contributed by atoms with Gasteiger partial charge in [0.05, 0.1) is 21.8 Å². The molecule has 9 nitrogen and oxygen atoms in total. The van der Waals surface area contributed by atoms with Crippen molar-refractivity contribution in [2.75, 3.05) is 6.54 Å². The van der Waals surface area contributed by atoms with E-state index in [2.05, 4.69) is 14.7 Å². The lowest BCUT2D eigenvalue weighted by molar-refractivity contribution is -0.203. The summed E-state index contributed by atoms with van der Waals surface area (Å²) in [7, 11) is -1.40. The average Bonchev–Trinajstić information content (AvgIpc) is 2.61. The van der Waals surface area contributed by atoms with Crippen LogP contribution in [0.25, 0.3) is 10.4 Å². The number of hydrogen-bond donors (Lipinski definition) is 4. The summed E-state index contributed by atoms with van der Waals surface area (Å²) in [5.74, 6) is 0. The van der Waals surface area contributed by atoms with Crippen molar-refractivity contribution in [2.24, 2.45) is 5.11 Å². The first kappa shape index (κ1) is 22.6. The van der Waals surface area contributed by atoms with Crippen molar-refractivity contribution in [1.29, 1.82) is 0 Å². The fraction of sp³-hybridized carbons (Fsp3) is 0.875. The second-order valence-electron chi connectivity index (χ2n) is 7.66. The van der Waals surface area contributed by atoms with Crippen LogP contribution < -0.4 is 4.72 Å². The predicted molar refractivity (Wildman–Crippen MR) is 105 cm³/mol. The molecule has 0 aliphatic carbocycles. The fourth-order valence-electron chi connectivity index (χ4n) is 2.86. The van der Waals surface area contributed by atoms with Gasteiger partial charge < -0.3 is 20.1 Å². The number of nitrogens with zero attached hydrogens (tertiary/aromatic N) is 3. The molecule has 0 amide bonds. The summed E-state index contributed by atoms with van der Waals surface area (Å²) < 4.78 is 21.0. The number of aliphatic hydroxyl groups excluding tert-OH is 3. The van der Waals surface area contributed by atoms with E-state index in [4.69, 9.17) is 10.3 Å². The molecule has 1 fully saturated rings. The van der Waals surface area contributed by atoms with Gasteiger partial charge in [0, 0.05) is 16.7 Å². The van der Waals surface area contributed by atoms with E-state index in [1.807, 2.05) is 32.9 Å². The van der Waals surface area contributed by atoms with E-state index >= 15 is 0 Å². The predicted octanol–water partition coefficient (Wildman–Crippen LogP) is 0.976. The molecule has 0 aromatic carbocycles. The molecule has 154 valence electrons. The van der Waals surface area contributed by atoms with Crippen LogP contribution >= 0.6 is 11.8 Å². The third-order valence-electron chi connectivity index (χ3n) is 4.45. The van der Waals surface area contributed by atoms with Crippen molar-refractivity contribution in [3.63, 3.8) is 0 Å². The topological polar surface area (TPSA) is 148 Å². The van der Waals surface area contributed by atoms with E-state index < -0.39 is 51.6 Å². The summed E-state index contributed by atoms with van der Waals surface area (Å²) in [6, 6.07) is -0.504. The molecule has 2 heterocycles. The number of allylic oxidation sites excluding steroid dienone is 1. The van der Waals surface area contributed by atoms with Gasteiger partial charge in [-0.3, -0.25) is 0 Å². The van der Waals surface area contributed by atoms with Gasteiger partial charge in [-0.25, -0.2) is 8.93 Å². The molecule has 1 saturated heterocycles. The van der Waals surface area contributed by atoms with E-state index in [9.17, 15) is 19.5 Å². The van der Waals surface area contributed by atoms with Crippen molar-refractivity contribution in [3.8, 4) is 0 Å². The van der Waals surface area contributed by atoms with E-state index in [-0.39, 0.29) is 11.8 Å². The number of thioether (sulfide) groups is 1. The van der Waals surface area contributed by atoms with Crippen LogP contribution in [0.5, 0.6) is 0 Å². The number of aliphatic hydroxyl groups is 3. The highest BCUT2D eigenvalue weighted by atomic mass is 32.2. The number of hydrogen-bond acceptors (Lipinski definition) is 7. The van der Waals surface area contributed by atoms with Crippen LogP contribution in [0.15, 0.2) is 17.3 Å². The first-order valence-corrected chi connectivity index (χ1v) is 10.9. The highest BCUT2D eigenvalue weighted by Gasteiger charge is 2.47. The van der Waals surface area contributed by atoms with Crippen LogP contribution in [0.2, 0.25) is 0 Å². The fourth-order valence-corrected chi connectivity index (χ4v) is 4.99. The number of ether oxygens (including phenoxy) is 1. The summed E-state index contributed by atoms with van der Waals surface area (Å²) in [6.45, 7) is 5.72. The summed E-state index contributed by atoms with van der Waals surface area (Å²) in [5.41, 5.74) is 7.75. The van der Waals surface area contributed by atoms with E-state index in [1.54, 1.807) is 0 Å². The second-order valence-corrected chi connectivity index (χ2v) is 11.1. The molecule has 2 bridgehead atoms. The molecular weight excluding hydrogens is 392 g/mol. The Morgan fingerprint density at radius 2 is 1.93 bits per heavy atom. The van der Waals surface area contributed by atoms with Crippen LogP contribution in [0.4, 0.5) is 0 Å². The second kappa shape index (κ2) is 9.71. The minimum Gasteiger partial charge on any atom is -0.388 e.